The molecule has 2 aromatic carbocycles. The predicted octanol–water partition coefficient (Wildman–Crippen LogP) is 3.52. The molecule has 1 aliphatic rings. The van der Waals surface area contributed by atoms with Crippen molar-refractivity contribution in [3.05, 3.63) is 54.2 Å². The fraction of sp³-hybridized carbons (Fsp3) is 0.200. The number of ether oxygens (including phenoxy) is 1. The lowest BCUT2D eigenvalue weighted by Crippen LogP contribution is -2.30. The van der Waals surface area contributed by atoms with Crippen LogP contribution in [0.1, 0.15) is 12.0 Å². The second kappa shape index (κ2) is 7.09. The summed E-state index contributed by atoms with van der Waals surface area (Å²) in [7, 11) is 1.80. The van der Waals surface area contributed by atoms with E-state index in [2.05, 4.69) is 16.3 Å². The predicted molar refractivity (Wildman–Crippen MR) is 105 cm³/mol. The van der Waals surface area contributed by atoms with Crippen LogP contribution in [0.25, 0.3) is 11.3 Å². The average molecular weight is 381 g/mol. The standard InChI is InChI=1S/C20H19N3O3S/c1-23-17-8-6-14(10-13(17)7-9-19(23)24)20-18(12-21-22-20)26-15-4-3-5-16(11-15)27(2)25/h3-6,8,10-12H,7,9H2,1-2H3,(H,21,22). The number of benzene rings is 2. The minimum absolute atomic E-state index is 0.133. The molecule has 6 nitrogen and oxygen atoms in total. The summed E-state index contributed by atoms with van der Waals surface area (Å²) in [4.78, 5) is 14.3. The molecule has 3 aromatic rings. The maximum absolute atomic E-state index is 11.9. The van der Waals surface area contributed by atoms with E-state index in [1.807, 2.05) is 24.3 Å². The molecule has 27 heavy (non-hydrogen) atoms. The van der Waals surface area contributed by atoms with Crippen LogP contribution in [0.3, 0.4) is 0 Å². The summed E-state index contributed by atoms with van der Waals surface area (Å²) in [6.07, 6.45) is 4.50. The Hall–Kier alpha value is -2.77. The lowest BCUT2D eigenvalue weighted by molar-refractivity contribution is -0.118. The number of nitrogens with zero attached hydrogens (tertiary/aromatic N) is 2. The number of hydrogen-bond acceptors (Lipinski definition) is 4. The van der Waals surface area contributed by atoms with Crippen LogP contribution in [-0.4, -0.2) is 34.0 Å². The first kappa shape index (κ1) is 17.6. The van der Waals surface area contributed by atoms with E-state index < -0.39 is 11.2 Å². The number of H-pyrrole nitrogens is 1. The molecule has 0 aliphatic carbocycles. The highest BCUT2D eigenvalue weighted by Crippen LogP contribution is 2.36. The Morgan fingerprint density at radius 1 is 1.22 bits per heavy atom. The van der Waals surface area contributed by atoms with Crippen LogP contribution < -0.4 is 9.64 Å². The molecule has 7 heteroatoms. The van der Waals surface area contributed by atoms with Gasteiger partial charge < -0.3 is 14.2 Å². The normalized spacial score (nSPS) is 14.8. The molecule has 138 valence electrons. The fourth-order valence-electron chi connectivity index (χ4n) is 3.21. The third-order valence-electron chi connectivity index (χ3n) is 4.68. The summed E-state index contributed by atoms with van der Waals surface area (Å²) >= 11 is -1.07. The van der Waals surface area contributed by atoms with E-state index in [-0.39, 0.29) is 5.91 Å². The number of carbonyl (C=O) groups excluding carboxylic acids is 1. The van der Waals surface area contributed by atoms with E-state index in [9.17, 15) is 9.35 Å². The van der Waals surface area contributed by atoms with Crippen molar-refractivity contribution >= 4 is 22.8 Å². The number of anilines is 1. The molecule has 1 N–H and O–H groups in total. The molecule has 1 unspecified atom stereocenters. The molecule has 0 bridgehead atoms. The molecule has 1 aromatic heterocycles. The zero-order valence-corrected chi connectivity index (χ0v) is 15.9. The van der Waals surface area contributed by atoms with Crippen LogP contribution in [-0.2, 0) is 22.4 Å². The molecule has 1 atom stereocenters. The largest absolute Gasteiger partial charge is 0.612 e. The van der Waals surface area contributed by atoms with Crippen molar-refractivity contribution in [2.45, 2.75) is 17.7 Å². The van der Waals surface area contributed by atoms with Gasteiger partial charge in [0.2, 0.25) is 5.91 Å². The quantitative estimate of drug-likeness (QED) is 0.701. The summed E-state index contributed by atoms with van der Waals surface area (Å²) in [5, 5.41) is 7.11. The first-order valence-electron chi connectivity index (χ1n) is 8.57. The summed E-state index contributed by atoms with van der Waals surface area (Å²) < 4.78 is 17.7. The lowest BCUT2D eigenvalue weighted by atomic mass is 9.98. The van der Waals surface area contributed by atoms with Gasteiger partial charge in [-0.2, -0.15) is 5.10 Å². The Morgan fingerprint density at radius 3 is 2.89 bits per heavy atom. The highest BCUT2D eigenvalue weighted by atomic mass is 32.2. The summed E-state index contributed by atoms with van der Waals surface area (Å²) in [5.41, 5.74) is 3.77. The number of aromatic amines is 1. The number of rotatable bonds is 4. The topological polar surface area (TPSA) is 81.3 Å². The molecule has 0 fully saturated rings. The molecule has 2 heterocycles. The highest BCUT2D eigenvalue weighted by molar-refractivity contribution is 7.90. The zero-order chi connectivity index (χ0) is 19.0. The molecule has 4 rings (SSSR count). The highest BCUT2D eigenvalue weighted by Gasteiger charge is 2.22. The Balaban J connectivity index is 1.65. The number of hydrogen-bond donors (Lipinski definition) is 1. The Labute approximate surface area is 160 Å². The SMILES string of the molecule is CN1C(=O)CCc2cc(-c3[nH]ncc3Oc3cccc([S+](C)[O-])c3)ccc21. The van der Waals surface area contributed by atoms with Crippen molar-refractivity contribution in [2.75, 3.05) is 18.2 Å². The van der Waals surface area contributed by atoms with E-state index in [0.717, 1.165) is 28.9 Å². The Morgan fingerprint density at radius 2 is 2.07 bits per heavy atom. The number of nitrogens with one attached hydrogen (secondary N) is 1. The van der Waals surface area contributed by atoms with Crippen LogP contribution in [0.15, 0.2) is 53.6 Å². The van der Waals surface area contributed by atoms with Crippen molar-refractivity contribution in [3.63, 3.8) is 0 Å². The van der Waals surface area contributed by atoms with Gasteiger partial charge in [-0.3, -0.25) is 9.89 Å². The summed E-state index contributed by atoms with van der Waals surface area (Å²) in [6.45, 7) is 0. The lowest BCUT2D eigenvalue weighted by Gasteiger charge is -2.26. The van der Waals surface area contributed by atoms with E-state index in [1.165, 1.54) is 0 Å². The van der Waals surface area contributed by atoms with E-state index in [4.69, 9.17) is 4.74 Å². The minimum Gasteiger partial charge on any atom is -0.612 e. The second-order valence-electron chi connectivity index (χ2n) is 6.44. The Bertz CT molecular complexity index is 1000. The maximum Gasteiger partial charge on any atom is 0.227 e. The fourth-order valence-corrected chi connectivity index (χ4v) is 3.77. The monoisotopic (exact) mass is 381 g/mol. The van der Waals surface area contributed by atoms with Crippen molar-refractivity contribution < 1.29 is 14.1 Å². The van der Waals surface area contributed by atoms with Gasteiger partial charge in [-0.1, -0.05) is 12.1 Å². The molecular formula is C20H19N3O3S. The number of carbonyl (C=O) groups is 1. The molecule has 0 spiro atoms. The van der Waals surface area contributed by atoms with Crippen molar-refractivity contribution in [3.8, 4) is 22.8 Å². The van der Waals surface area contributed by atoms with Crippen molar-refractivity contribution in [1.82, 2.24) is 10.2 Å². The van der Waals surface area contributed by atoms with Gasteiger partial charge in [-0.15, -0.1) is 0 Å². The third kappa shape index (κ3) is 3.43. The van der Waals surface area contributed by atoms with Crippen LogP contribution in [0, 0.1) is 0 Å². The van der Waals surface area contributed by atoms with E-state index >= 15 is 0 Å². The molecule has 1 aliphatic heterocycles. The summed E-state index contributed by atoms with van der Waals surface area (Å²) in [6, 6.07) is 13.2. The summed E-state index contributed by atoms with van der Waals surface area (Å²) in [5.74, 6) is 1.33. The van der Waals surface area contributed by atoms with Gasteiger partial charge in [-0.05, 0) is 47.4 Å². The van der Waals surface area contributed by atoms with Gasteiger partial charge in [0, 0.05) is 30.8 Å². The average Bonchev–Trinajstić information content (AvgIpc) is 3.13. The first-order chi connectivity index (χ1) is 13.0. The van der Waals surface area contributed by atoms with Crippen molar-refractivity contribution in [1.29, 1.82) is 0 Å². The number of fused-ring (bicyclic) bond motifs is 1. The second-order valence-corrected chi connectivity index (χ2v) is 7.82. The third-order valence-corrected chi connectivity index (χ3v) is 5.60. The maximum atomic E-state index is 11.9. The molecule has 1 amide bonds. The smallest absolute Gasteiger partial charge is 0.227 e. The minimum atomic E-state index is -1.07. The van der Waals surface area contributed by atoms with Gasteiger partial charge in [0.05, 0.1) is 6.20 Å². The van der Waals surface area contributed by atoms with Crippen LogP contribution >= 0.6 is 0 Å². The molecular weight excluding hydrogens is 362 g/mol. The van der Waals surface area contributed by atoms with Crippen LogP contribution in [0.2, 0.25) is 0 Å². The first-order valence-corrected chi connectivity index (χ1v) is 10.1. The van der Waals surface area contributed by atoms with Crippen LogP contribution in [0.5, 0.6) is 11.5 Å². The molecule has 0 saturated carbocycles. The van der Waals surface area contributed by atoms with Gasteiger partial charge in [0.15, 0.2) is 10.6 Å². The van der Waals surface area contributed by atoms with Crippen LogP contribution in [0.4, 0.5) is 5.69 Å². The zero-order valence-electron chi connectivity index (χ0n) is 15.1. The number of aryl methyl sites for hydroxylation is 1. The Kier molecular flexibility index (Phi) is 4.63. The molecule has 0 radical (unpaired) electrons. The van der Waals surface area contributed by atoms with Crippen molar-refractivity contribution in [2.24, 2.45) is 0 Å². The van der Waals surface area contributed by atoms with Gasteiger partial charge in [0.1, 0.15) is 17.7 Å². The van der Waals surface area contributed by atoms with Gasteiger partial charge >= 0.3 is 0 Å². The van der Waals surface area contributed by atoms with Gasteiger partial charge in [0.25, 0.3) is 0 Å². The number of aromatic nitrogens is 2. The van der Waals surface area contributed by atoms with E-state index in [1.54, 1.807) is 36.5 Å². The molecule has 0 saturated heterocycles. The van der Waals surface area contributed by atoms with E-state index in [0.29, 0.717) is 22.8 Å². The van der Waals surface area contributed by atoms with Gasteiger partial charge in [-0.25, -0.2) is 0 Å². The number of amides is 1.